The lowest BCUT2D eigenvalue weighted by Gasteiger charge is -2.47. The van der Waals surface area contributed by atoms with E-state index < -0.39 is 39.5 Å². The van der Waals surface area contributed by atoms with Crippen molar-refractivity contribution in [1.29, 1.82) is 0 Å². The van der Waals surface area contributed by atoms with E-state index in [1.165, 1.54) is 14.0 Å². The first-order chi connectivity index (χ1) is 12.2. The fourth-order valence-electron chi connectivity index (χ4n) is 4.29. The van der Waals surface area contributed by atoms with E-state index in [9.17, 15) is 18.0 Å². The van der Waals surface area contributed by atoms with Crippen LogP contribution in [0.15, 0.2) is 11.0 Å². The number of hydrogen-bond donors (Lipinski definition) is 0. The minimum Gasteiger partial charge on any atom is -0.469 e. The van der Waals surface area contributed by atoms with Crippen molar-refractivity contribution in [2.24, 2.45) is 17.8 Å². The Morgan fingerprint density at radius 1 is 1.35 bits per heavy atom. The van der Waals surface area contributed by atoms with E-state index in [1.807, 2.05) is 6.92 Å². The molecule has 8 nitrogen and oxygen atoms in total. The molecule has 26 heavy (non-hydrogen) atoms. The van der Waals surface area contributed by atoms with Crippen molar-refractivity contribution >= 4 is 21.8 Å². The van der Waals surface area contributed by atoms with Crippen molar-refractivity contribution in [3.63, 3.8) is 0 Å². The molecule has 2 heterocycles. The van der Waals surface area contributed by atoms with Crippen LogP contribution in [0.1, 0.15) is 26.7 Å². The zero-order valence-electron chi connectivity index (χ0n) is 15.1. The van der Waals surface area contributed by atoms with Gasteiger partial charge in [0.2, 0.25) is 0 Å². The van der Waals surface area contributed by atoms with Gasteiger partial charge in [0.05, 0.1) is 42.8 Å². The third kappa shape index (κ3) is 3.05. The SMILES string of the molecule is CCS(=O)(=O)C1=CC(=O)O[C@]12C[C@@H](C)[C@H](C(=O)OC)C[C@H]2C1OCCO1. The molecular weight excluding hydrogens is 364 g/mol. The molecule has 2 aliphatic heterocycles. The maximum Gasteiger partial charge on any atom is 0.332 e. The van der Waals surface area contributed by atoms with Gasteiger partial charge in [-0.25, -0.2) is 13.2 Å². The zero-order valence-corrected chi connectivity index (χ0v) is 15.9. The number of hydrogen-bond acceptors (Lipinski definition) is 8. The monoisotopic (exact) mass is 388 g/mol. The lowest BCUT2D eigenvalue weighted by Crippen LogP contribution is -2.55. The minimum absolute atomic E-state index is 0.0308. The normalized spacial score (nSPS) is 35.4. The molecule has 1 spiro atoms. The van der Waals surface area contributed by atoms with Gasteiger partial charge in [-0.2, -0.15) is 0 Å². The number of rotatable bonds is 4. The quantitative estimate of drug-likeness (QED) is 0.652. The molecule has 0 N–H and O–H groups in total. The van der Waals surface area contributed by atoms with Crippen LogP contribution in [0.4, 0.5) is 0 Å². The van der Waals surface area contributed by atoms with Crippen molar-refractivity contribution in [3.8, 4) is 0 Å². The van der Waals surface area contributed by atoms with Gasteiger partial charge in [0.1, 0.15) is 0 Å². The first-order valence-electron chi connectivity index (χ1n) is 8.74. The lowest BCUT2D eigenvalue weighted by molar-refractivity contribution is -0.192. The van der Waals surface area contributed by atoms with Crippen LogP contribution in [0.3, 0.4) is 0 Å². The standard InChI is InChI=1S/C17H24O8S/c1-4-26(20,21)13-8-14(18)25-17(13)9-10(2)11(15(19)22-3)7-12(17)16-23-5-6-24-16/h8,10-12,16H,4-7,9H2,1-3H3/t10-,11-,12+,17+/m1/s1. The minimum atomic E-state index is -3.68. The van der Waals surface area contributed by atoms with Crippen molar-refractivity contribution in [1.82, 2.24) is 0 Å². The predicted octanol–water partition coefficient (Wildman–Crippen LogP) is 0.809. The summed E-state index contributed by atoms with van der Waals surface area (Å²) in [5.41, 5.74) is -1.37. The van der Waals surface area contributed by atoms with Crippen molar-refractivity contribution in [2.75, 3.05) is 26.1 Å². The fourth-order valence-corrected chi connectivity index (χ4v) is 5.68. The highest BCUT2D eigenvalue weighted by atomic mass is 32.2. The van der Waals surface area contributed by atoms with Crippen LogP contribution >= 0.6 is 0 Å². The van der Waals surface area contributed by atoms with E-state index in [0.29, 0.717) is 13.2 Å². The van der Waals surface area contributed by atoms with Gasteiger partial charge in [-0.1, -0.05) is 13.8 Å². The summed E-state index contributed by atoms with van der Waals surface area (Å²) in [6.07, 6.45) is 0.766. The molecular formula is C17H24O8S. The Hall–Kier alpha value is -1.45. The Labute approximate surface area is 152 Å². The van der Waals surface area contributed by atoms with Crippen molar-refractivity contribution < 1.29 is 37.0 Å². The second-order valence-corrected chi connectivity index (χ2v) is 9.23. The third-order valence-electron chi connectivity index (χ3n) is 5.56. The van der Waals surface area contributed by atoms with E-state index in [4.69, 9.17) is 18.9 Å². The summed E-state index contributed by atoms with van der Waals surface area (Å²) in [7, 11) is -2.36. The molecule has 1 aliphatic carbocycles. The second-order valence-electron chi connectivity index (χ2n) is 6.99. The van der Waals surface area contributed by atoms with Crippen LogP contribution in [-0.2, 0) is 38.4 Å². The molecule has 4 atom stereocenters. The van der Waals surface area contributed by atoms with Gasteiger partial charge in [-0.3, -0.25) is 4.79 Å². The van der Waals surface area contributed by atoms with Gasteiger partial charge in [0, 0.05) is 6.08 Å². The first-order valence-corrected chi connectivity index (χ1v) is 10.4. The molecule has 0 unspecified atom stereocenters. The molecule has 3 rings (SSSR count). The second kappa shape index (κ2) is 6.94. The summed E-state index contributed by atoms with van der Waals surface area (Å²) in [4.78, 5) is 24.3. The molecule has 9 heteroatoms. The number of sulfone groups is 1. The van der Waals surface area contributed by atoms with E-state index in [0.717, 1.165) is 6.08 Å². The highest BCUT2D eigenvalue weighted by Gasteiger charge is 2.61. The third-order valence-corrected chi connectivity index (χ3v) is 7.46. The zero-order chi connectivity index (χ0) is 19.1. The summed E-state index contributed by atoms with van der Waals surface area (Å²) in [6, 6.07) is 0. The van der Waals surface area contributed by atoms with Gasteiger partial charge in [0.25, 0.3) is 0 Å². The van der Waals surface area contributed by atoms with E-state index in [-0.39, 0.29) is 35.4 Å². The molecule has 0 aromatic carbocycles. The maximum absolute atomic E-state index is 12.7. The molecule has 0 radical (unpaired) electrons. The number of methoxy groups -OCH3 is 1. The van der Waals surface area contributed by atoms with Gasteiger partial charge < -0.3 is 18.9 Å². The van der Waals surface area contributed by atoms with Crippen molar-refractivity contribution in [2.45, 2.75) is 38.6 Å². The van der Waals surface area contributed by atoms with Crippen LogP contribution in [-0.4, -0.2) is 58.3 Å². The molecule has 3 aliphatic rings. The highest BCUT2D eigenvalue weighted by molar-refractivity contribution is 7.95. The van der Waals surface area contributed by atoms with Gasteiger partial charge in [0.15, 0.2) is 21.7 Å². The van der Waals surface area contributed by atoms with Crippen molar-refractivity contribution in [3.05, 3.63) is 11.0 Å². The highest BCUT2D eigenvalue weighted by Crippen LogP contribution is 2.53. The van der Waals surface area contributed by atoms with Crippen LogP contribution in [0, 0.1) is 17.8 Å². The molecule has 1 saturated heterocycles. The summed E-state index contributed by atoms with van der Waals surface area (Å²) >= 11 is 0. The molecule has 146 valence electrons. The molecule has 0 amide bonds. The molecule has 2 fully saturated rings. The molecule has 1 saturated carbocycles. The first kappa shape index (κ1) is 19.3. The lowest BCUT2D eigenvalue weighted by atomic mass is 9.65. The summed E-state index contributed by atoms with van der Waals surface area (Å²) in [5.74, 6) is -2.50. The van der Waals surface area contributed by atoms with Crippen LogP contribution in [0.25, 0.3) is 0 Å². The number of carbonyl (C=O) groups excluding carboxylic acids is 2. The Morgan fingerprint density at radius 2 is 2.00 bits per heavy atom. The van der Waals surface area contributed by atoms with Gasteiger partial charge in [-0.05, 0) is 18.8 Å². The molecule has 0 aromatic heterocycles. The van der Waals surface area contributed by atoms with Gasteiger partial charge >= 0.3 is 11.9 Å². The Bertz CT molecular complexity index is 721. The average Bonchev–Trinajstić information content (AvgIpc) is 3.23. The molecule has 0 bridgehead atoms. The maximum atomic E-state index is 12.7. The smallest absolute Gasteiger partial charge is 0.332 e. The average molecular weight is 388 g/mol. The van der Waals surface area contributed by atoms with Gasteiger partial charge in [-0.15, -0.1) is 0 Å². The number of carbonyl (C=O) groups is 2. The van der Waals surface area contributed by atoms with Crippen LogP contribution in [0.2, 0.25) is 0 Å². The largest absolute Gasteiger partial charge is 0.469 e. The Kier molecular flexibility index (Phi) is 5.15. The van der Waals surface area contributed by atoms with E-state index in [1.54, 1.807) is 0 Å². The summed E-state index contributed by atoms with van der Waals surface area (Å²) in [5, 5.41) is 0. The Balaban J connectivity index is 2.06. The fraction of sp³-hybridized carbons (Fsp3) is 0.765. The topological polar surface area (TPSA) is 105 Å². The molecule has 0 aromatic rings. The van der Waals surface area contributed by atoms with E-state index >= 15 is 0 Å². The van der Waals surface area contributed by atoms with Crippen LogP contribution in [0.5, 0.6) is 0 Å². The van der Waals surface area contributed by atoms with Crippen LogP contribution < -0.4 is 0 Å². The predicted molar refractivity (Wildman–Crippen MR) is 89.5 cm³/mol. The number of ether oxygens (including phenoxy) is 4. The Morgan fingerprint density at radius 3 is 2.58 bits per heavy atom. The summed E-state index contributed by atoms with van der Waals surface area (Å²) in [6.45, 7) is 4.08. The summed E-state index contributed by atoms with van der Waals surface area (Å²) < 4.78 is 47.1. The number of esters is 2. The van der Waals surface area contributed by atoms with E-state index in [2.05, 4.69) is 0 Å².